The minimum Gasteiger partial charge on any atom is -0.455 e. The van der Waals surface area contributed by atoms with Crippen LogP contribution < -0.4 is 10.6 Å². The maximum Gasteiger partial charge on any atom is 0.321 e. The number of nitrogens with one attached hydrogen (secondary N) is 2. The molecule has 166 valence electrons. The predicted molar refractivity (Wildman–Crippen MR) is 110 cm³/mol. The Morgan fingerprint density at radius 2 is 1.65 bits per heavy atom. The zero-order chi connectivity index (χ0) is 23.0. The highest BCUT2D eigenvalue weighted by Gasteiger charge is 2.23. The minimum absolute atomic E-state index is 0.0582. The number of nitrogens with zero attached hydrogens (tertiary/aromatic N) is 1. The second kappa shape index (κ2) is 10.8. The molecule has 0 saturated heterocycles. The molecule has 12 heteroatoms. The SMILES string of the molecule is CN(CC(=O)OCC(=O)NCC(=O)Nc1ccc(F)cc1)S(=O)(=O)c1ccc(Cl)cc1. The van der Waals surface area contributed by atoms with E-state index in [1.807, 2.05) is 0 Å². The van der Waals surface area contributed by atoms with Crippen molar-refractivity contribution < 1.29 is 31.9 Å². The first-order chi connectivity index (χ1) is 14.6. The summed E-state index contributed by atoms with van der Waals surface area (Å²) in [6, 6.07) is 10.4. The molecule has 2 N–H and O–H groups in total. The molecule has 9 nitrogen and oxygen atoms in total. The third-order valence-electron chi connectivity index (χ3n) is 3.81. The van der Waals surface area contributed by atoms with Gasteiger partial charge >= 0.3 is 5.97 Å². The number of ether oxygens (including phenoxy) is 1. The Kier molecular flexibility index (Phi) is 8.48. The van der Waals surface area contributed by atoms with Gasteiger partial charge in [0.1, 0.15) is 12.4 Å². The van der Waals surface area contributed by atoms with E-state index in [1.165, 1.54) is 43.4 Å². The molecule has 0 unspecified atom stereocenters. The van der Waals surface area contributed by atoms with Gasteiger partial charge in [-0.1, -0.05) is 11.6 Å². The molecule has 31 heavy (non-hydrogen) atoms. The van der Waals surface area contributed by atoms with Crippen LogP contribution in [0.4, 0.5) is 10.1 Å². The van der Waals surface area contributed by atoms with Crippen molar-refractivity contribution in [3.05, 3.63) is 59.4 Å². The molecular formula is C19H19ClFN3O6S. The largest absolute Gasteiger partial charge is 0.455 e. The summed E-state index contributed by atoms with van der Waals surface area (Å²) in [4.78, 5) is 35.3. The zero-order valence-electron chi connectivity index (χ0n) is 16.3. The second-order valence-electron chi connectivity index (χ2n) is 6.21. The van der Waals surface area contributed by atoms with Crippen molar-refractivity contribution in [1.82, 2.24) is 9.62 Å². The van der Waals surface area contributed by atoms with Crippen LogP contribution >= 0.6 is 11.6 Å². The molecule has 2 amide bonds. The van der Waals surface area contributed by atoms with Gasteiger partial charge in [-0.2, -0.15) is 4.31 Å². The van der Waals surface area contributed by atoms with Gasteiger partial charge in [0, 0.05) is 17.8 Å². The quantitative estimate of drug-likeness (QED) is 0.533. The van der Waals surface area contributed by atoms with Crippen molar-refractivity contribution in [3.63, 3.8) is 0 Å². The van der Waals surface area contributed by atoms with E-state index < -0.39 is 53.3 Å². The number of likely N-dealkylation sites (N-methyl/N-ethyl adjacent to an activating group) is 1. The number of amides is 2. The Morgan fingerprint density at radius 1 is 1.03 bits per heavy atom. The fourth-order valence-corrected chi connectivity index (χ4v) is 3.45. The Balaban J connectivity index is 1.74. The van der Waals surface area contributed by atoms with Crippen molar-refractivity contribution in [2.75, 3.05) is 32.1 Å². The predicted octanol–water partition coefficient (Wildman–Crippen LogP) is 1.40. The summed E-state index contributed by atoms with van der Waals surface area (Å²) in [5.74, 6) is -2.74. The first kappa shape index (κ1) is 24.3. The normalized spacial score (nSPS) is 11.1. The molecule has 2 aromatic carbocycles. The molecular weight excluding hydrogens is 453 g/mol. The summed E-state index contributed by atoms with van der Waals surface area (Å²) in [7, 11) is -2.76. The van der Waals surface area contributed by atoms with E-state index >= 15 is 0 Å². The molecule has 0 radical (unpaired) electrons. The van der Waals surface area contributed by atoms with Gasteiger partial charge in [0.25, 0.3) is 5.91 Å². The van der Waals surface area contributed by atoms with E-state index in [9.17, 15) is 27.2 Å². The maximum atomic E-state index is 12.8. The fraction of sp³-hybridized carbons (Fsp3) is 0.211. The monoisotopic (exact) mass is 471 g/mol. The highest BCUT2D eigenvalue weighted by atomic mass is 35.5. The number of sulfonamides is 1. The summed E-state index contributed by atoms with van der Waals surface area (Å²) < 4.78 is 43.1. The van der Waals surface area contributed by atoms with E-state index in [2.05, 4.69) is 10.6 Å². The summed E-state index contributed by atoms with van der Waals surface area (Å²) >= 11 is 5.73. The van der Waals surface area contributed by atoms with Gasteiger partial charge in [-0.05, 0) is 48.5 Å². The minimum atomic E-state index is -3.95. The number of anilines is 1. The van der Waals surface area contributed by atoms with Crippen LogP contribution in [0.1, 0.15) is 0 Å². The number of esters is 1. The molecule has 2 rings (SSSR count). The Hall–Kier alpha value is -3.02. The number of carbonyl (C=O) groups excluding carboxylic acids is 3. The maximum absolute atomic E-state index is 12.8. The third kappa shape index (κ3) is 7.63. The molecule has 0 saturated carbocycles. The number of hydrogen-bond acceptors (Lipinski definition) is 6. The van der Waals surface area contributed by atoms with Gasteiger partial charge in [0.2, 0.25) is 15.9 Å². The van der Waals surface area contributed by atoms with E-state index in [0.717, 1.165) is 16.4 Å². The first-order valence-corrected chi connectivity index (χ1v) is 10.6. The summed E-state index contributed by atoms with van der Waals surface area (Å²) in [5.41, 5.74) is 0.344. The lowest BCUT2D eigenvalue weighted by Crippen LogP contribution is -2.37. The molecule has 0 aliphatic carbocycles. The van der Waals surface area contributed by atoms with E-state index in [0.29, 0.717) is 10.7 Å². The summed E-state index contributed by atoms with van der Waals surface area (Å²) in [6.07, 6.45) is 0. The Bertz CT molecular complexity index is 1050. The fourth-order valence-electron chi connectivity index (χ4n) is 2.21. The van der Waals surface area contributed by atoms with Crippen molar-refractivity contribution >= 4 is 45.1 Å². The number of carbonyl (C=O) groups is 3. The summed E-state index contributed by atoms with van der Waals surface area (Å²) in [6.45, 7) is -1.72. The van der Waals surface area contributed by atoms with Crippen molar-refractivity contribution in [2.24, 2.45) is 0 Å². The number of halogens is 2. The molecule has 0 aliphatic rings. The second-order valence-corrected chi connectivity index (χ2v) is 8.69. The van der Waals surface area contributed by atoms with Gasteiger partial charge < -0.3 is 15.4 Å². The molecule has 0 atom stereocenters. The number of rotatable bonds is 9. The zero-order valence-corrected chi connectivity index (χ0v) is 17.9. The van der Waals surface area contributed by atoms with Crippen LogP contribution in [0.25, 0.3) is 0 Å². The molecule has 0 aliphatic heterocycles. The van der Waals surface area contributed by atoms with Gasteiger partial charge in [0.05, 0.1) is 11.4 Å². The molecule has 2 aromatic rings. The van der Waals surface area contributed by atoms with Crippen molar-refractivity contribution in [3.8, 4) is 0 Å². The van der Waals surface area contributed by atoms with Crippen molar-refractivity contribution in [1.29, 1.82) is 0 Å². The van der Waals surface area contributed by atoms with Crippen LogP contribution in [0.15, 0.2) is 53.4 Å². The Morgan fingerprint density at radius 3 is 2.26 bits per heavy atom. The van der Waals surface area contributed by atoms with Crippen LogP contribution in [0.5, 0.6) is 0 Å². The Labute approximate surface area is 183 Å². The average molecular weight is 472 g/mol. The highest BCUT2D eigenvalue weighted by molar-refractivity contribution is 7.89. The lowest BCUT2D eigenvalue weighted by molar-refractivity contribution is -0.148. The smallest absolute Gasteiger partial charge is 0.321 e. The molecule has 0 fully saturated rings. The van der Waals surface area contributed by atoms with Crippen LogP contribution in [0.3, 0.4) is 0 Å². The van der Waals surface area contributed by atoms with Gasteiger partial charge in [-0.15, -0.1) is 0 Å². The van der Waals surface area contributed by atoms with Gasteiger partial charge in [-0.25, -0.2) is 12.8 Å². The van der Waals surface area contributed by atoms with Crippen LogP contribution in [0.2, 0.25) is 5.02 Å². The highest BCUT2D eigenvalue weighted by Crippen LogP contribution is 2.17. The van der Waals surface area contributed by atoms with E-state index in [4.69, 9.17) is 16.3 Å². The number of hydrogen-bond donors (Lipinski definition) is 2. The van der Waals surface area contributed by atoms with Gasteiger partial charge in [-0.3, -0.25) is 14.4 Å². The average Bonchev–Trinajstić information content (AvgIpc) is 2.72. The third-order valence-corrected chi connectivity index (χ3v) is 5.88. The molecule has 0 heterocycles. The topological polar surface area (TPSA) is 122 Å². The molecule has 0 spiro atoms. The van der Waals surface area contributed by atoms with Crippen LogP contribution in [-0.4, -0.2) is 57.3 Å². The van der Waals surface area contributed by atoms with E-state index in [1.54, 1.807) is 0 Å². The van der Waals surface area contributed by atoms with Gasteiger partial charge in [0.15, 0.2) is 6.61 Å². The van der Waals surface area contributed by atoms with Crippen LogP contribution in [-0.2, 0) is 29.1 Å². The first-order valence-electron chi connectivity index (χ1n) is 8.77. The molecule has 0 aromatic heterocycles. The lowest BCUT2D eigenvalue weighted by atomic mass is 10.3. The number of benzene rings is 2. The summed E-state index contributed by atoms with van der Waals surface area (Å²) in [5, 5.41) is 5.04. The van der Waals surface area contributed by atoms with Crippen molar-refractivity contribution in [2.45, 2.75) is 4.90 Å². The van der Waals surface area contributed by atoms with E-state index in [-0.39, 0.29) is 4.90 Å². The lowest BCUT2D eigenvalue weighted by Gasteiger charge is -2.16. The standard InChI is InChI=1S/C19H19ClFN3O6S/c1-24(31(28,29)16-8-2-13(20)3-9-16)11-19(27)30-12-18(26)22-10-17(25)23-15-6-4-14(21)5-7-15/h2-9H,10-12H2,1H3,(H,22,26)(H,23,25). The molecule has 0 bridgehead atoms. The van der Waals surface area contributed by atoms with Crippen LogP contribution in [0, 0.1) is 5.82 Å².